The van der Waals surface area contributed by atoms with Gasteiger partial charge in [0.2, 0.25) is 5.79 Å². The average Bonchev–Trinajstić information content (AvgIpc) is 2.74. The van der Waals surface area contributed by atoms with Crippen LogP contribution < -0.4 is 0 Å². The molecule has 1 aliphatic rings. The Balaban J connectivity index is 2.28. The second kappa shape index (κ2) is 6.10. The molecule has 100 valence electrons. The zero-order chi connectivity index (χ0) is 13.2. The van der Waals surface area contributed by atoms with Crippen molar-refractivity contribution in [1.29, 1.82) is 0 Å². The number of hydrogen-bond donors (Lipinski definition) is 0. The predicted molar refractivity (Wildman–Crippen MR) is 77.7 cm³/mol. The van der Waals surface area contributed by atoms with Crippen molar-refractivity contribution in [1.82, 2.24) is 0 Å². The molecule has 1 saturated heterocycles. The quantitative estimate of drug-likeness (QED) is 0.725. The number of halogens is 3. The molecule has 0 amide bonds. The molecule has 2 atom stereocenters. The van der Waals surface area contributed by atoms with E-state index in [1.807, 2.05) is 6.07 Å². The van der Waals surface area contributed by atoms with Crippen LogP contribution >= 0.6 is 39.1 Å². The molecule has 18 heavy (non-hydrogen) atoms. The molecule has 1 aliphatic heterocycles. The minimum Gasteiger partial charge on any atom is -0.342 e. The third-order valence-electron chi connectivity index (χ3n) is 2.99. The lowest BCUT2D eigenvalue weighted by Crippen LogP contribution is -2.30. The van der Waals surface area contributed by atoms with Crippen molar-refractivity contribution in [3.63, 3.8) is 0 Å². The van der Waals surface area contributed by atoms with Crippen LogP contribution in [-0.4, -0.2) is 18.0 Å². The SMILES string of the molecule is CCCC1[14CH2]OC(CBr)(c2ccc(Cl)cc2Cl)O1. The Morgan fingerprint density at radius 1 is 1.44 bits per heavy atom. The Kier molecular flexibility index (Phi) is 4.95. The van der Waals surface area contributed by atoms with Crippen LogP contribution in [0.2, 0.25) is 10.0 Å². The average molecular weight is 356 g/mol. The molecule has 2 unspecified atom stereocenters. The molecule has 0 N–H and O–H groups in total. The summed E-state index contributed by atoms with van der Waals surface area (Å²) in [6.45, 7) is 2.73. The van der Waals surface area contributed by atoms with Gasteiger partial charge in [0.15, 0.2) is 0 Å². The number of ether oxygens (including phenoxy) is 2. The Labute approximate surface area is 126 Å². The normalized spacial score (nSPS) is 27.7. The number of alkyl halides is 1. The summed E-state index contributed by atoms with van der Waals surface area (Å²) in [5.41, 5.74) is 0.823. The van der Waals surface area contributed by atoms with E-state index in [0.717, 1.165) is 18.4 Å². The van der Waals surface area contributed by atoms with E-state index in [-0.39, 0.29) is 6.10 Å². The van der Waals surface area contributed by atoms with Crippen molar-refractivity contribution in [3.8, 4) is 0 Å². The van der Waals surface area contributed by atoms with Gasteiger partial charge < -0.3 is 9.47 Å². The van der Waals surface area contributed by atoms with Gasteiger partial charge in [-0.15, -0.1) is 0 Å². The van der Waals surface area contributed by atoms with Crippen molar-refractivity contribution >= 4 is 39.1 Å². The third-order valence-corrected chi connectivity index (χ3v) is 4.27. The predicted octanol–water partition coefficient (Wildman–Crippen LogP) is 4.76. The van der Waals surface area contributed by atoms with Gasteiger partial charge in [-0.05, 0) is 18.6 Å². The maximum absolute atomic E-state index is 6.24. The fourth-order valence-corrected chi connectivity index (χ4v) is 3.26. The van der Waals surface area contributed by atoms with Gasteiger partial charge in [-0.2, -0.15) is 0 Å². The summed E-state index contributed by atoms with van der Waals surface area (Å²) in [4.78, 5) is 0. The van der Waals surface area contributed by atoms with Crippen LogP contribution in [0.3, 0.4) is 0 Å². The van der Waals surface area contributed by atoms with Crippen LogP contribution in [0.5, 0.6) is 0 Å². The van der Waals surface area contributed by atoms with Crippen molar-refractivity contribution in [2.24, 2.45) is 0 Å². The van der Waals surface area contributed by atoms with E-state index in [9.17, 15) is 0 Å². The molecular weight excluding hydrogens is 341 g/mol. The van der Waals surface area contributed by atoms with E-state index < -0.39 is 5.79 Å². The van der Waals surface area contributed by atoms with Gasteiger partial charge in [0.25, 0.3) is 0 Å². The van der Waals surface area contributed by atoms with E-state index in [0.29, 0.717) is 22.0 Å². The minimum atomic E-state index is -0.790. The Morgan fingerprint density at radius 3 is 2.83 bits per heavy atom. The van der Waals surface area contributed by atoms with Crippen molar-refractivity contribution < 1.29 is 9.47 Å². The van der Waals surface area contributed by atoms with Crippen LogP contribution in [0.1, 0.15) is 25.3 Å². The summed E-state index contributed by atoms with van der Waals surface area (Å²) in [6.07, 6.45) is 2.18. The number of hydrogen-bond acceptors (Lipinski definition) is 2. The lowest BCUT2D eigenvalue weighted by Gasteiger charge is -2.27. The summed E-state index contributed by atoms with van der Waals surface area (Å²) < 4.78 is 11.9. The topological polar surface area (TPSA) is 18.5 Å². The second-order valence-electron chi connectivity index (χ2n) is 4.35. The first-order valence-corrected chi connectivity index (χ1v) is 7.82. The molecule has 0 saturated carbocycles. The second-order valence-corrected chi connectivity index (χ2v) is 5.75. The lowest BCUT2D eigenvalue weighted by molar-refractivity contribution is -0.157. The molecule has 0 aliphatic carbocycles. The standard InChI is InChI=1S/C13H15BrCl2O2/c1-2-3-10-7-17-13(8-14,18-10)11-5-4-9(15)6-12(11)16/h4-6,10H,2-3,7-8H2,1H3/i7+2. The van der Waals surface area contributed by atoms with E-state index >= 15 is 0 Å². The maximum Gasteiger partial charge on any atom is 0.206 e. The number of rotatable bonds is 4. The molecule has 0 spiro atoms. The van der Waals surface area contributed by atoms with Gasteiger partial charge in [0, 0.05) is 10.6 Å². The molecule has 1 aromatic rings. The van der Waals surface area contributed by atoms with Crippen LogP contribution in [0.25, 0.3) is 0 Å². The lowest BCUT2D eigenvalue weighted by atomic mass is 10.1. The fraction of sp³-hybridized carbons (Fsp3) is 0.538. The largest absolute Gasteiger partial charge is 0.342 e. The van der Waals surface area contributed by atoms with Gasteiger partial charge in [0.1, 0.15) is 0 Å². The van der Waals surface area contributed by atoms with Crippen LogP contribution in [0.15, 0.2) is 18.2 Å². The van der Waals surface area contributed by atoms with Gasteiger partial charge in [-0.25, -0.2) is 0 Å². The Morgan fingerprint density at radius 2 is 2.22 bits per heavy atom. The Hall–Kier alpha value is 0.200. The molecule has 2 nitrogen and oxygen atoms in total. The van der Waals surface area contributed by atoms with Crippen molar-refractivity contribution in [3.05, 3.63) is 33.8 Å². The minimum absolute atomic E-state index is 0.124. The molecule has 1 aromatic carbocycles. The molecule has 1 fully saturated rings. The molecule has 0 aromatic heterocycles. The fourth-order valence-electron chi connectivity index (χ4n) is 2.11. The first kappa shape index (κ1) is 14.6. The van der Waals surface area contributed by atoms with Gasteiger partial charge in [-0.1, -0.05) is 58.5 Å². The molecule has 5 heteroatoms. The molecule has 0 radical (unpaired) electrons. The maximum atomic E-state index is 6.24. The first-order chi connectivity index (χ1) is 8.61. The summed E-state index contributed by atoms with van der Waals surface area (Å²) in [6, 6.07) is 5.37. The zero-order valence-electron chi connectivity index (χ0n) is 10.1. The van der Waals surface area contributed by atoms with Gasteiger partial charge >= 0.3 is 0 Å². The van der Waals surface area contributed by atoms with Gasteiger partial charge in [-0.3, -0.25) is 0 Å². The first-order valence-electron chi connectivity index (χ1n) is 5.94. The van der Waals surface area contributed by atoms with Gasteiger partial charge in [0.05, 0.1) is 23.1 Å². The van der Waals surface area contributed by atoms with Crippen molar-refractivity contribution in [2.45, 2.75) is 31.7 Å². The van der Waals surface area contributed by atoms with Crippen LogP contribution in [0.4, 0.5) is 0 Å². The summed E-state index contributed by atoms with van der Waals surface area (Å²) >= 11 is 15.6. The monoisotopic (exact) mass is 354 g/mol. The molecule has 1 heterocycles. The molecule has 2 rings (SSSR count). The van der Waals surface area contributed by atoms with Crippen molar-refractivity contribution in [2.75, 3.05) is 11.9 Å². The van der Waals surface area contributed by atoms with E-state index in [1.54, 1.807) is 12.1 Å². The highest BCUT2D eigenvalue weighted by Gasteiger charge is 2.43. The zero-order valence-corrected chi connectivity index (χ0v) is 13.2. The van der Waals surface area contributed by atoms with Crippen LogP contribution in [-0.2, 0) is 15.3 Å². The molecule has 0 bridgehead atoms. The smallest absolute Gasteiger partial charge is 0.206 e. The summed E-state index contributed by atoms with van der Waals surface area (Å²) in [5.74, 6) is -0.790. The van der Waals surface area contributed by atoms with E-state index in [4.69, 9.17) is 32.7 Å². The van der Waals surface area contributed by atoms with E-state index in [1.165, 1.54) is 0 Å². The third kappa shape index (κ3) is 2.86. The van der Waals surface area contributed by atoms with Crippen LogP contribution in [0, 0.1) is 0 Å². The highest BCUT2D eigenvalue weighted by Crippen LogP contribution is 2.41. The highest BCUT2D eigenvalue weighted by atomic mass is 79.9. The molecular formula is C13H15BrCl2O2. The number of benzene rings is 1. The summed E-state index contributed by atoms with van der Waals surface area (Å²) in [5, 5.41) is 1.72. The Bertz CT molecular complexity index is 427. The highest BCUT2D eigenvalue weighted by molar-refractivity contribution is 9.09. The van der Waals surface area contributed by atoms with E-state index in [2.05, 4.69) is 22.9 Å². The summed E-state index contributed by atoms with van der Waals surface area (Å²) in [7, 11) is 0.